The molecule has 3 amide bonds. The number of Topliss-reactive ketones (excluding diaryl/α,β-unsaturated/α-hetero) is 1. The van der Waals surface area contributed by atoms with Crippen LogP contribution in [0.2, 0.25) is 0 Å². The Labute approximate surface area is 240 Å². The van der Waals surface area contributed by atoms with Gasteiger partial charge >= 0.3 is 5.97 Å². The van der Waals surface area contributed by atoms with E-state index in [9.17, 15) is 29.1 Å². The molecule has 216 valence electrons. The third-order valence-electron chi connectivity index (χ3n) is 7.73. The van der Waals surface area contributed by atoms with E-state index in [1.807, 2.05) is 32.0 Å². The van der Waals surface area contributed by atoms with Crippen molar-refractivity contribution in [2.45, 2.75) is 64.5 Å². The van der Waals surface area contributed by atoms with Gasteiger partial charge < -0.3 is 15.3 Å². The predicted molar refractivity (Wildman–Crippen MR) is 153 cm³/mol. The SMILES string of the molecule is CC(C)C1C(=O)N(CC(=O)N[C@@H](Cc2ccccc2)C(=O)C(=O)O)C(c2ccccc2)=CN1C(=O)C1CCCCC1. The number of benzene rings is 2. The van der Waals surface area contributed by atoms with Crippen LogP contribution in [-0.2, 0) is 30.4 Å². The number of hydrogen-bond donors (Lipinski definition) is 2. The second-order valence-electron chi connectivity index (χ2n) is 11.1. The molecule has 0 aromatic heterocycles. The summed E-state index contributed by atoms with van der Waals surface area (Å²) in [5.41, 5.74) is 1.73. The van der Waals surface area contributed by atoms with Gasteiger partial charge in [0.05, 0.1) is 5.70 Å². The normalized spacial score (nSPS) is 18.6. The van der Waals surface area contributed by atoms with Crippen LogP contribution in [-0.4, -0.2) is 63.0 Å². The van der Waals surface area contributed by atoms with E-state index in [-0.39, 0.29) is 24.2 Å². The second kappa shape index (κ2) is 13.4. The minimum absolute atomic E-state index is 0.00860. The summed E-state index contributed by atoms with van der Waals surface area (Å²) in [5.74, 6) is -4.33. The molecule has 0 spiro atoms. The number of carboxylic acids is 1. The minimum Gasteiger partial charge on any atom is -0.475 e. The average Bonchev–Trinajstić information content (AvgIpc) is 2.98. The summed E-state index contributed by atoms with van der Waals surface area (Å²) in [6.45, 7) is 3.29. The van der Waals surface area contributed by atoms with Crippen molar-refractivity contribution in [1.29, 1.82) is 0 Å². The van der Waals surface area contributed by atoms with Gasteiger partial charge in [0.1, 0.15) is 18.6 Å². The Bertz CT molecular complexity index is 1300. The monoisotopic (exact) mass is 559 g/mol. The van der Waals surface area contributed by atoms with Crippen molar-refractivity contribution in [2.75, 3.05) is 6.54 Å². The summed E-state index contributed by atoms with van der Waals surface area (Å²) in [7, 11) is 0. The Hall–Kier alpha value is -4.27. The molecule has 9 nitrogen and oxygen atoms in total. The molecule has 2 atom stereocenters. The van der Waals surface area contributed by atoms with Crippen LogP contribution in [0.3, 0.4) is 0 Å². The standard InChI is InChI=1S/C32H37N3O6/c1-21(2)28-31(39)34(20-27(36)33-25(29(37)32(40)41)18-22-12-6-3-7-13-22)26(23-14-8-4-9-15-23)19-35(28)30(38)24-16-10-5-11-17-24/h3-4,6-9,12-15,19,21,24-25,28H,5,10-11,16-18,20H2,1-2H3,(H,33,36)(H,40,41)/t25-,28?/m0/s1. The number of carbonyl (C=O) groups is 5. The highest BCUT2D eigenvalue weighted by molar-refractivity contribution is 6.35. The lowest BCUT2D eigenvalue weighted by Crippen LogP contribution is -2.58. The molecule has 41 heavy (non-hydrogen) atoms. The van der Waals surface area contributed by atoms with E-state index in [0.29, 0.717) is 16.8 Å². The van der Waals surface area contributed by atoms with Crippen molar-refractivity contribution >= 4 is 35.2 Å². The van der Waals surface area contributed by atoms with Crippen LogP contribution in [0.25, 0.3) is 5.70 Å². The number of amides is 3. The Balaban J connectivity index is 1.65. The largest absolute Gasteiger partial charge is 0.475 e. The van der Waals surface area contributed by atoms with E-state index in [1.165, 1.54) is 4.90 Å². The summed E-state index contributed by atoms with van der Waals surface area (Å²) in [6.07, 6.45) is 6.29. The van der Waals surface area contributed by atoms with Gasteiger partial charge in [-0.05, 0) is 29.9 Å². The smallest absolute Gasteiger partial charge is 0.374 e. The van der Waals surface area contributed by atoms with Crippen LogP contribution < -0.4 is 5.32 Å². The Morgan fingerprint density at radius 2 is 1.54 bits per heavy atom. The molecule has 2 N–H and O–H groups in total. The lowest BCUT2D eigenvalue weighted by molar-refractivity contribution is -0.150. The average molecular weight is 560 g/mol. The van der Waals surface area contributed by atoms with Gasteiger partial charge in [-0.2, -0.15) is 0 Å². The number of aliphatic carboxylic acids is 1. The molecule has 1 saturated carbocycles. The number of hydrogen-bond acceptors (Lipinski definition) is 5. The quantitative estimate of drug-likeness (QED) is 0.429. The summed E-state index contributed by atoms with van der Waals surface area (Å²) >= 11 is 0. The van der Waals surface area contributed by atoms with Crippen LogP contribution in [0, 0.1) is 11.8 Å². The second-order valence-corrected chi connectivity index (χ2v) is 11.1. The maximum Gasteiger partial charge on any atom is 0.374 e. The first kappa shape index (κ1) is 29.7. The minimum atomic E-state index is -1.65. The molecule has 2 aromatic rings. The van der Waals surface area contributed by atoms with E-state index in [2.05, 4.69) is 5.32 Å². The summed E-state index contributed by atoms with van der Waals surface area (Å²) in [4.78, 5) is 68.0. The van der Waals surface area contributed by atoms with Crippen LogP contribution in [0.1, 0.15) is 57.1 Å². The number of rotatable bonds is 10. The van der Waals surface area contributed by atoms with Gasteiger partial charge in [0.15, 0.2) is 0 Å². The number of ketones is 1. The fourth-order valence-corrected chi connectivity index (χ4v) is 5.64. The maximum atomic E-state index is 14.1. The molecule has 2 aromatic carbocycles. The summed E-state index contributed by atoms with van der Waals surface area (Å²) in [6, 6.07) is 15.7. The van der Waals surface area contributed by atoms with Crippen molar-refractivity contribution < 1.29 is 29.1 Å². The van der Waals surface area contributed by atoms with E-state index in [1.54, 1.807) is 53.6 Å². The first-order valence-electron chi connectivity index (χ1n) is 14.2. The maximum absolute atomic E-state index is 14.1. The van der Waals surface area contributed by atoms with Gasteiger partial charge in [-0.15, -0.1) is 0 Å². The Kier molecular flexibility index (Phi) is 9.70. The summed E-state index contributed by atoms with van der Waals surface area (Å²) < 4.78 is 0. The van der Waals surface area contributed by atoms with Crippen LogP contribution in [0.5, 0.6) is 0 Å². The van der Waals surface area contributed by atoms with Crippen molar-refractivity contribution in [3.63, 3.8) is 0 Å². The first-order chi connectivity index (χ1) is 19.7. The number of carboxylic acid groups (broad SMARTS) is 1. The first-order valence-corrected chi connectivity index (χ1v) is 14.2. The Morgan fingerprint density at radius 1 is 0.927 bits per heavy atom. The van der Waals surface area contributed by atoms with E-state index < -0.39 is 42.2 Å². The zero-order valence-electron chi connectivity index (χ0n) is 23.5. The highest BCUT2D eigenvalue weighted by Gasteiger charge is 2.43. The molecule has 4 rings (SSSR count). The molecule has 9 heteroatoms. The van der Waals surface area contributed by atoms with Gasteiger partial charge in [0, 0.05) is 18.5 Å². The topological polar surface area (TPSA) is 124 Å². The zero-order chi connectivity index (χ0) is 29.5. The van der Waals surface area contributed by atoms with Crippen LogP contribution >= 0.6 is 0 Å². The van der Waals surface area contributed by atoms with Crippen LogP contribution in [0.4, 0.5) is 0 Å². The molecule has 2 aliphatic rings. The summed E-state index contributed by atoms with van der Waals surface area (Å²) in [5, 5.41) is 11.9. The van der Waals surface area contributed by atoms with Gasteiger partial charge in [-0.1, -0.05) is 93.8 Å². The molecule has 0 radical (unpaired) electrons. The number of nitrogens with zero attached hydrogens (tertiary/aromatic N) is 2. The molecular formula is C32H37N3O6. The molecule has 1 aliphatic carbocycles. The highest BCUT2D eigenvalue weighted by Crippen LogP contribution is 2.33. The zero-order valence-corrected chi connectivity index (χ0v) is 23.5. The number of nitrogens with one attached hydrogen (secondary N) is 1. The van der Waals surface area contributed by atoms with Crippen molar-refractivity contribution in [3.05, 3.63) is 78.0 Å². The van der Waals surface area contributed by atoms with E-state index >= 15 is 0 Å². The fraction of sp³-hybridized carbons (Fsp3) is 0.406. The predicted octanol–water partition coefficient (Wildman–Crippen LogP) is 3.64. The van der Waals surface area contributed by atoms with Gasteiger partial charge in [-0.3, -0.25) is 24.1 Å². The lowest BCUT2D eigenvalue weighted by Gasteiger charge is -2.42. The molecule has 1 fully saturated rings. The Morgan fingerprint density at radius 3 is 2.12 bits per heavy atom. The van der Waals surface area contributed by atoms with E-state index in [0.717, 1.165) is 32.1 Å². The van der Waals surface area contributed by atoms with Crippen molar-refractivity contribution in [1.82, 2.24) is 15.1 Å². The molecule has 1 unspecified atom stereocenters. The highest BCUT2D eigenvalue weighted by atomic mass is 16.4. The molecule has 0 bridgehead atoms. The molecule has 0 saturated heterocycles. The van der Waals surface area contributed by atoms with Gasteiger partial charge in [0.25, 0.3) is 11.7 Å². The lowest BCUT2D eigenvalue weighted by atomic mass is 9.87. The van der Waals surface area contributed by atoms with E-state index in [4.69, 9.17) is 0 Å². The fourth-order valence-electron chi connectivity index (χ4n) is 5.64. The third-order valence-corrected chi connectivity index (χ3v) is 7.73. The number of carbonyl (C=O) groups excluding carboxylic acids is 4. The third kappa shape index (κ3) is 7.09. The molecule has 1 heterocycles. The van der Waals surface area contributed by atoms with Gasteiger partial charge in [-0.25, -0.2) is 4.79 Å². The van der Waals surface area contributed by atoms with Crippen molar-refractivity contribution in [3.8, 4) is 0 Å². The van der Waals surface area contributed by atoms with Gasteiger partial charge in [0.2, 0.25) is 11.8 Å². The van der Waals surface area contributed by atoms with Crippen molar-refractivity contribution in [2.24, 2.45) is 11.8 Å². The van der Waals surface area contributed by atoms with Crippen LogP contribution in [0.15, 0.2) is 66.9 Å². The molecular weight excluding hydrogens is 522 g/mol. The molecule has 1 aliphatic heterocycles.